The molecular formula is C12H15BrN2O2S. The van der Waals surface area contributed by atoms with Gasteiger partial charge in [-0.1, -0.05) is 12.8 Å². The van der Waals surface area contributed by atoms with E-state index in [2.05, 4.69) is 15.9 Å². The third kappa shape index (κ3) is 3.11. The summed E-state index contributed by atoms with van der Waals surface area (Å²) in [4.78, 5) is 25.8. The first kappa shape index (κ1) is 13.5. The molecule has 1 aliphatic carbocycles. The third-order valence-electron chi connectivity index (χ3n) is 3.13. The van der Waals surface area contributed by atoms with Gasteiger partial charge >= 0.3 is 0 Å². The Morgan fingerprint density at radius 2 is 2.11 bits per heavy atom. The first-order valence-corrected chi connectivity index (χ1v) is 7.58. The molecule has 4 nitrogen and oxygen atoms in total. The molecular weight excluding hydrogens is 316 g/mol. The zero-order valence-corrected chi connectivity index (χ0v) is 12.3. The van der Waals surface area contributed by atoms with Crippen LogP contribution in [0.15, 0.2) is 15.9 Å². The number of halogens is 1. The first-order valence-electron chi connectivity index (χ1n) is 5.91. The number of carbonyl (C=O) groups is 2. The maximum absolute atomic E-state index is 12.4. The molecule has 6 heteroatoms. The number of carbonyl (C=O) groups excluding carboxylic acids is 2. The molecule has 1 heterocycles. The Hall–Kier alpha value is -0.880. The molecule has 1 fully saturated rings. The summed E-state index contributed by atoms with van der Waals surface area (Å²) >= 11 is 4.71. The summed E-state index contributed by atoms with van der Waals surface area (Å²) < 4.78 is 0.890. The minimum Gasteiger partial charge on any atom is -0.368 e. The molecule has 0 spiro atoms. The van der Waals surface area contributed by atoms with Crippen molar-refractivity contribution in [1.82, 2.24) is 4.90 Å². The zero-order chi connectivity index (χ0) is 13.1. The van der Waals surface area contributed by atoms with Crippen LogP contribution in [-0.4, -0.2) is 29.3 Å². The molecule has 1 saturated carbocycles. The highest BCUT2D eigenvalue weighted by atomic mass is 79.9. The molecule has 0 aliphatic heterocycles. The molecule has 0 aromatic carbocycles. The van der Waals surface area contributed by atoms with Gasteiger partial charge in [0.1, 0.15) is 0 Å². The number of hydrogen-bond acceptors (Lipinski definition) is 3. The molecule has 1 aliphatic rings. The molecule has 0 unspecified atom stereocenters. The van der Waals surface area contributed by atoms with Crippen LogP contribution in [0.2, 0.25) is 0 Å². The quantitative estimate of drug-likeness (QED) is 0.921. The van der Waals surface area contributed by atoms with Crippen molar-refractivity contribution in [3.8, 4) is 0 Å². The second kappa shape index (κ2) is 5.84. The van der Waals surface area contributed by atoms with E-state index >= 15 is 0 Å². The van der Waals surface area contributed by atoms with Gasteiger partial charge in [-0.05, 0) is 34.8 Å². The first-order chi connectivity index (χ1) is 8.58. The van der Waals surface area contributed by atoms with Gasteiger partial charge in [0.05, 0.1) is 11.4 Å². The Kier molecular flexibility index (Phi) is 4.40. The summed E-state index contributed by atoms with van der Waals surface area (Å²) in [6.07, 6.45) is 4.15. The van der Waals surface area contributed by atoms with Crippen molar-refractivity contribution in [3.63, 3.8) is 0 Å². The molecule has 0 atom stereocenters. The Morgan fingerprint density at radius 1 is 1.44 bits per heavy atom. The lowest BCUT2D eigenvalue weighted by atomic mass is 10.2. The van der Waals surface area contributed by atoms with E-state index in [9.17, 15) is 9.59 Å². The summed E-state index contributed by atoms with van der Waals surface area (Å²) in [7, 11) is 0. The summed E-state index contributed by atoms with van der Waals surface area (Å²) in [5.74, 6) is -0.540. The van der Waals surface area contributed by atoms with Crippen LogP contribution in [0.5, 0.6) is 0 Å². The average molecular weight is 331 g/mol. The molecule has 2 rings (SSSR count). The van der Waals surface area contributed by atoms with Gasteiger partial charge in [0.2, 0.25) is 5.91 Å². The monoisotopic (exact) mass is 330 g/mol. The van der Waals surface area contributed by atoms with Gasteiger partial charge in [-0.3, -0.25) is 9.59 Å². The summed E-state index contributed by atoms with van der Waals surface area (Å²) in [5.41, 5.74) is 5.24. The second-order valence-electron chi connectivity index (χ2n) is 4.47. The Labute approximate surface area is 118 Å². The van der Waals surface area contributed by atoms with Crippen molar-refractivity contribution < 1.29 is 9.59 Å². The van der Waals surface area contributed by atoms with E-state index in [1.807, 2.05) is 5.38 Å². The Bertz CT molecular complexity index is 455. The zero-order valence-electron chi connectivity index (χ0n) is 9.89. The molecule has 0 radical (unpaired) electrons. The van der Waals surface area contributed by atoms with Gasteiger partial charge in [-0.2, -0.15) is 0 Å². The van der Waals surface area contributed by atoms with E-state index in [-0.39, 0.29) is 18.5 Å². The Morgan fingerprint density at radius 3 is 2.61 bits per heavy atom. The van der Waals surface area contributed by atoms with Gasteiger partial charge in [-0.15, -0.1) is 11.3 Å². The van der Waals surface area contributed by atoms with Crippen molar-refractivity contribution in [2.75, 3.05) is 6.54 Å². The lowest BCUT2D eigenvalue weighted by molar-refractivity contribution is -0.119. The molecule has 2 amide bonds. The lowest BCUT2D eigenvalue weighted by Crippen LogP contribution is -2.43. The van der Waals surface area contributed by atoms with Crippen LogP contribution in [0.4, 0.5) is 0 Å². The predicted molar refractivity (Wildman–Crippen MR) is 74.5 cm³/mol. The standard InChI is InChI=1S/C12H15BrN2O2S/c13-8-5-10(18-7-8)12(17)15(6-11(14)16)9-3-1-2-4-9/h5,7,9H,1-4,6H2,(H2,14,16). The fourth-order valence-corrected chi connectivity index (χ4v) is 3.70. The van der Waals surface area contributed by atoms with Crippen molar-refractivity contribution in [3.05, 3.63) is 20.8 Å². The third-order valence-corrected chi connectivity index (χ3v) is 4.81. The van der Waals surface area contributed by atoms with Gasteiger partial charge in [0.25, 0.3) is 5.91 Å². The topological polar surface area (TPSA) is 63.4 Å². The van der Waals surface area contributed by atoms with E-state index < -0.39 is 5.91 Å². The number of thiophene rings is 1. The maximum atomic E-state index is 12.4. The fourth-order valence-electron chi connectivity index (χ4n) is 2.32. The van der Waals surface area contributed by atoms with Crippen LogP contribution < -0.4 is 5.73 Å². The number of amides is 2. The van der Waals surface area contributed by atoms with E-state index in [0.29, 0.717) is 4.88 Å². The largest absolute Gasteiger partial charge is 0.368 e. The molecule has 98 valence electrons. The van der Waals surface area contributed by atoms with Crippen LogP contribution in [-0.2, 0) is 4.79 Å². The number of nitrogens with two attached hydrogens (primary N) is 1. The highest BCUT2D eigenvalue weighted by molar-refractivity contribution is 9.10. The minimum absolute atomic E-state index is 0.0129. The van der Waals surface area contributed by atoms with Gasteiger partial charge in [0.15, 0.2) is 0 Å². The van der Waals surface area contributed by atoms with Crippen LogP contribution in [0.25, 0.3) is 0 Å². The number of rotatable bonds is 4. The fraction of sp³-hybridized carbons (Fsp3) is 0.500. The van der Waals surface area contributed by atoms with Gasteiger partial charge in [0, 0.05) is 15.9 Å². The van der Waals surface area contributed by atoms with Crippen molar-refractivity contribution in [2.45, 2.75) is 31.7 Å². The van der Waals surface area contributed by atoms with Crippen LogP contribution in [0.1, 0.15) is 35.4 Å². The number of nitrogens with zero attached hydrogens (tertiary/aromatic N) is 1. The van der Waals surface area contributed by atoms with Crippen molar-refractivity contribution >= 4 is 39.1 Å². The molecule has 2 N–H and O–H groups in total. The van der Waals surface area contributed by atoms with Crippen LogP contribution >= 0.6 is 27.3 Å². The van der Waals surface area contributed by atoms with E-state index in [0.717, 1.165) is 30.2 Å². The minimum atomic E-state index is -0.453. The van der Waals surface area contributed by atoms with E-state index in [1.54, 1.807) is 11.0 Å². The molecule has 0 saturated heterocycles. The van der Waals surface area contributed by atoms with Crippen molar-refractivity contribution in [1.29, 1.82) is 0 Å². The lowest BCUT2D eigenvalue weighted by Gasteiger charge is -2.27. The highest BCUT2D eigenvalue weighted by Crippen LogP contribution is 2.27. The SMILES string of the molecule is NC(=O)CN(C(=O)c1cc(Br)cs1)C1CCCC1. The van der Waals surface area contributed by atoms with E-state index in [4.69, 9.17) is 5.73 Å². The van der Waals surface area contributed by atoms with Gasteiger partial charge in [-0.25, -0.2) is 0 Å². The van der Waals surface area contributed by atoms with Crippen LogP contribution in [0, 0.1) is 0 Å². The average Bonchev–Trinajstić information content (AvgIpc) is 2.95. The normalized spacial score (nSPS) is 15.8. The van der Waals surface area contributed by atoms with Crippen molar-refractivity contribution in [2.24, 2.45) is 5.73 Å². The Balaban J connectivity index is 2.17. The summed E-state index contributed by atoms with van der Waals surface area (Å²) in [6, 6.07) is 1.95. The maximum Gasteiger partial charge on any atom is 0.264 e. The number of hydrogen-bond donors (Lipinski definition) is 1. The van der Waals surface area contributed by atoms with Crippen LogP contribution in [0.3, 0.4) is 0 Å². The molecule has 0 bridgehead atoms. The van der Waals surface area contributed by atoms with E-state index in [1.165, 1.54) is 11.3 Å². The molecule has 18 heavy (non-hydrogen) atoms. The van der Waals surface area contributed by atoms with Gasteiger partial charge < -0.3 is 10.6 Å². The second-order valence-corrected chi connectivity index (χ2v) is 6.29. The summed E-state index contributed by atoms with van der Waals surface area (Å²) in [5, 5.41) is 1.87. The summed E-state index contributed by atoms with van der Waals surface area (Å²) in [6.45, 7) is 0.0129. The molecule has 1 aromatic heterocycles. The smallest absolute Gasteiger partial charge is 0.264 e. The predicted octanol–water partition coefficient (Wildman–Crippen LogP) is 2.38. The number of primary amides is 1. The highest BCUT2D eigenvalue weighted by Gasteiger charge is 2.29. The molecule has 1 aromatic rings.